The Hall–Kier alpha value is -5.86. The first-order valence-electron chi connectivity index (χ1n) is 18.1. The topological polar surface area (TPSA) is 222 Å². The van der Waals surface area contributed by atoms with E-state index >= 15 is 0 Å². The number of amides is 2. The number of likely N-dealkylation sites (tertiary alicyclic amines) is 1. The summed E-state index contributed by atoms with van der Waals surface area (Å²) in [5, 5.41) is 6.15. The number of hydrogen-bond acceptors (Lipinski definition) is 11. The number of benzene rings is 2. The second-order valence-corrected chi connectivity index (χ2v) is 16.3. The van der Waals surface area contributed by atoms with Crippen molar-refractivity contribution in [2.75, 3.05) is 62.2 Å². The van der Waals surface area contributed by atoms with E-state index in [1.807, 2.05) is 0 Å². The average Bonchev–Trinajstić information content (AvgIpc) is 3.41. The largest absolute Gasteiger partial charge is 0.417 e. The van der Waals surface area contributed by atoms with Crippen molar-refractivity contribution in [3.05, 3.63) is 100.0 Å². The number of guanidine groups is 1. The van der Waals surface area contributed by atoms with Crippen molar-refractivity contribution >= 4 is 62.6 Å². The molecule has 2 aromatic carbocycles. The van der Waals surface area contributed by atoms with Gasteiger partial charge in [-0.2, -0.15) is 22.5 Å². The van der Waals surface area contributed by atoms with E-state index in [-0.39, 0.29) is 75.6 Å². The predicted octanol–water partition coefficient (Wildman–Crippen LogP) is 3.20. The van der Waals surface area contributed by atoms with Crippen molar-refractivity contribution in [1.82, 2.24) is 34.8 Å². The molecule has 1 spiro atoms. The number of rotatable bonds is 7. The van der Waals surface area contributed by atoms with Gasteiger partial charge in [0, 0.05) is 63.1 Å². The molecule has 0 aliphatic carbocycles. The Balaban J connectivity index is 1.00. The van der Waals surface area contributed by atoms with E-state index in [1.165, 1.54) is 40.7 Å². The normalized spacial score (nSPS) is 18.1. The summed E-state index contributed by atoms with van der Waals surface area (Å²) in [6, 6.07) is 14.2. The molecule has 3 saturated heterocycles. The lowest BCUT2D eigenvalue weighted by molar-refractivity contribution is -0.137. The van der Waals surface area contributed by atoms with Gasteiger partial charge < -0.3 is 31.9 Å². The number of aliphatic imine (C=N–C) groups is 1. The van der Waals surface area contributed by atoms with Crippen molar-refractivity contribution in [2.24, 2.45) is 4.99 Å². The lowest BCUT2D eigenvalue weighted by Crippen LogP contribution is -2.53. The molecule has 0 radical (unpaired) electrons. The van der Waals surface area contributed by atoms with Gasteiger partial charge in [-0.15, -0.1) is 0 Å². The molecule has 6 N–H and O–H groups in total. The number of ketones is 1. The number of aromatic nitrogens is 3. The van der Waals surface area contributed by atoms with Crippen LogP contribution in [0.2, 0.25) is 5.15 Å². The minimum Gasteiger partial charge on any atom is -0.382 e. The number of pyridine rings is 1. The van der Waals surface area contributed by atoms with Crippen LogP contribution in [0.1, 0.15) is 61.6 Å². The SMILES string of the molecule is Nc1nc(N)c(C(=O)/N=C2\NCC3(CCN(C(=O)c4ccccc4C(=O)c4cccc(S(=O)(=O)N5CCCN(c6ccc(C(F)(F)F)cn6)CC5)c4)CC3)N2)nc1Cl. The zero-order valence-corrected chi connectivity index (χ0v) is 32.2. The maximum atomic E-state index is 14.0. The van der Waals surface area contributed by atoms with E-state index in [9.17, 15) is 36.0 Å². The molecule has 21 heteroatoms. The van der Waals surface area contributed by atoms with E-state index in [0.717, 1.165) is 12.3 Å². The molecular formula is C37H37ClF3N11O5S. The van der Waals surface area contributed by atoms with Crippen molar-refractivity contribution in [3.63, 3.8) is 0 Å². The van der Waals surface area contributed by atoms with Crippen LogP contribution >= 0.6 is 11.6 Å². The fourth-order valence-corrected chi connectivity index (χ4v) is 8.74. The number of nitrogens with two attached hydrogens (primary N) is 2. The zero-order chi connectivity index (χ0) is 41.4. The third-order valence-corrected chi connectivity index (χ3v) is 12.5. The number of carbonyl (C=O) groups is 3. The quantitative estimate of drug-likeness (QED) is 0.197. The first kappa shape index (κ1) is 40.3. The maximum absolute atomic E-state index is 14.0. The fourth-order valence-electron chi connectivity index (χ4n) is 7.10. The van der Waals surface area contributed by atoms with Gasteiger partial charge in [0.25, 0.3) is 5.91 Å². The fraction of sp³-hybridized carbons (Fsp3) is 0.324. The molecular weight excluding hydrogens is 803 g/mol. The molecule has 0 saturated carbocycles. The van der Waals surface area contributed by atoms with Gasteiger partial charge in [-0.1, -0.05) is 41.9 Å². The van der Waals surface area contributed by atoms with Crippen LogP contribution in [0.4, 0.5) is 30.6 Å². The lowest BCUT2D eigenvalue weighted by Gasteiger charge is -2.38. The molecule has 0 atom stereocenters. The molecule has 304 valence electrons. The van der Waals surface area contributed by atoms with E-state index < -0.39 is 39.0 Å². The molecule has 4 aromatic rings. The number of piperidine rings is 1. The predicted molar refractivity (Wildman–Crippen MR) is 208 cm³/mol. The molecule has 3 aliphatic rings. The highest BCUT2D eigenvalue weighted by atomic mass is 35.5. The second-order valence-electron chi connectivity index (χ2n) is 14.0. The van der Waals surface area contributed by atoms with E-state index in [2.05, 4.69) is 30.6 Å². The third-order valence-electron chi connectivity index (χ3n) is 10.3. The molecule has 2 amide bonds. The summed E-state index contributed by atoms with van der Waals surface area (Å²) in [5.41, 5.74) is 10.1. The van der Waals surface area contributed by atoms with Crippen LogP contribution in [0.3, 0.4) is 0 Å². The number of nitrogens with one attached hydrogen (secondary N) is 2. The minimum absolute atomic E-state index is 0.0404. The Labute approximate surface area is 335 Å². The number of sulfonamides is 1. The molecule has 3 aliphatic heterocycles. The zero-order valence-electron chi connectivity index (χ0n) is 30.7. The van der Waals surface area contributed by atoms with Crippen LogP contribution in [0.15, 0.2) is 76.7 Å². The van der Waals surface area contributed by atoms with Gasteiger partial charge in [0.2, 0.25) is 10.0 Å². The number of halogens is 4. The van der Waals surface area contributed by atoms with E-state index in [1.54, 1.807) is 28.0 Å². The van der Waals surface area contributed by atoms with Crippen LogP contribution in [0.5, 0.6) is 0 Å². The number of nitrogen functional groups attached to an aromatic ring is 2. The van der Waals surface area contributed by atoms with Gasteiger partial charge in [0.05, 0.1) is 21.6 Å². The Morgan fingerprint density at radius 1 is 0.879 bits per heavy atom. The summed E-state index contributed by atoms with van der Waals surface area (Å²) >= 11 is 5.91. The Kier molecular flexibility index (Phi) is 11.0. The molecule has 0 unspecified atom stereocenters. The molecule has 7 rings (SSSR count). The molecule has 2 aromatic heterocycles. The summed E-state index contributed by atoms with van der Waals surface area (Å²) in [5.74, 6) is -1.51. The van der Waals surface area contributed by atoms with Crippen molar-refractivity contribution in [1.29, 1.82) is 0 Å². The van der Waals surface area contributed by atoms with Gasteiger partial charge in [-0.25, -0.2) is 23.4 Å². The van der Waals surface area contributed by atoms with Gasteiger partial charge in [-0.05, 0) is 49.6 Å². The number of nitrogens with zero attached hydrogens (tertiary/aromatic N) is 7. The van der Waals surface area contributed by atoms with Gasteiger partial charge in [0.15, 0.2) is 34.2 Å². The number of alkyl halides is 3. The highest BCUT2D eigenvalue weighted by Crippen LogP contribution is 2.31. The Morgan fingerprint density at radius 3 is 2.33 bits per heavy atom. The van der Waals surface area contributed by atoms with Crippen LogP contribution in [-0.4, -0.2) is 107 Å². The summed E-state index contributed by atoms with van der Waals surface area (Å²) in [4.78, 5) is 59.7. The van der Waals surface area contributed by atoms with Crippen LogP contribution in [0.25, 0.3) is 0 Å². The molecule has 0 bridgehead atoms. The molecule has 16 nitrogen and oxygen atoms in total. The Bertz CT molecular complexity index is 2410. The maximum Gasteiger partial charge on any atom is 0.417 e. The summed E-state index contributed by atoms with van der Waals surface area (Å²) in [6.07, 6.45) is -2.41. The van der Waals surface area contributed by atoms with Crippen molar-refractivity contribution in [3.8, 4) is 0 Å². The van der Waals surface area contributed by atoms with Crippen LogP contribution < -0.4 is 27.0 Å². The summed E-state index contributed by atoms with van der Waals surface area (Å²) in [7, 11) is -4.09. The van der Waals surface area contributed by atoms with Crippen molar-refractivity contribution in [2.45, 2.75) is 35.9 Å². The average molecular weight is 840 g/mol. The molecule has 5 heterocycles. The van der Waals surface area contributed by atoms with E-state index in [4.69, 9.17) is 23.1 Å². The van der Waals surface area contributed by atoms with Gasteiger partial charge >= 0.3 is 12.1 Å². The number of carbonyl (C=O) groups excluding carboxylic acids is 3. The van der Waals surface area contributed by atoms with Crippen molar-refractivity contribution < 1.29 is 36.0 Å². The van der Waals surface area contributed by atoms with Crippen LogP contribution in [-0.2, 0) is 16.2 Å². The minimum atomic E-state index is -4.52. The second kappa shape index (κ2) is 15.8. The van der Waals surface area contributed by atoms with Gasteiger partial charge in [0.1, 0.15) is 5.82 Å². The lowest BCUT2D eigenvalue weighted by atomic mass is 9.88. The number of hydrogen-bond donors (Lipinski definition) is 4. The van der Waals surface area contributed by atoms with Gasteiger partial charge in [-0.3, -0.25) is 14.4 Å². The number of anilines is 3. The smallest absolute Gasteiger partial charge is 0.382 e. The molecule has 3 fully saturated rings. The molecule has 58 heavy (non-hydrogen) atoms. The first-order valence-corrected chi connectivity index (χ1v) is 19.9. The summed E-state index contributed by atoms with van der Waals surface area (Å²) < 4.78 is 68.1. The Morgan fingerprint density at radius 2 is 1.62 bits per heavy atom. The standard InChI is InChI=1S/C37H37ClF3N11O5S/c38-30-32(43)47-31(42)28(46-30)33(54)48-35-45-21-36(49-35)11-15-51(16-12-36)34(55)26-8-2-1-7-25(26)29(53)22-5-3-6-24(19-22)58(56,57)52-14-4-13-50(17-18-52)27-10-9-23(20-44-27)37(39,40)41/h1-3,5-10,19-20H,4,11-18,21H2,(H4,42,43,47)(H2,45,48,49,54). The monoisotopic (exact) mass is 839 g/mol. The highest BCUT2D eigenvalue weighted by Gasteiger charge is 2.41. The highest BCUT2D eigenvalue weighted by molar-refractivity contribution is 7.89. The van der Waals surface area contributed by atoms with Crippen LogP contribution in [0, 0.1) is 0 Å². The summed E-state index contributed by atoms with van der Waals surface area (Å²) in [6.45, 7) is 1.81. The third kappa shape index (κ3) is 8.25. The first-order chi connectivity index (χ1) is 27.5. The van der Waals surface area contributed by atoms with E-state index in [0.29, 0.717) is 51.3 Å².